The van der Waals surface area contributed by atoms with Crippen molar-refractivity contribution in [2.45, 2.75) is 66.6 Å². The molecule has 3 nitrogen and oxygen atoms in total. The first-order valence-electron chi connectivity index (χ1n) is 8.09. The van der Waals surface area contributed by atoms with E-state index in [0.717, 1.165) is 32.5 Å². The maximum absolute atomic E-state index is 6.26. The van der Waals surface area contributed by atoms with Crippen molar-refractivity contribution in [3.05, 3.63) is 0 Å². The standard InChI is InChI=1S/C17H33NO2/c1-7-13-8-19-17(20-9-13)10-14(2,3)16(6,12-18)15(4,5)11-17/h13H,7-12,18H2,1-6H3. The molecule has 2 fully saturated rings. The highest BCUT2D eigenvalue weighted by Gasteiger charge is 2.61. The van der Waals surface area contributed by atoms with Gasteiger partial charge in [0.1, 0.15) is 0 Å². The normalized spacial score (nSPS) is 43.6. The van der Waals surface area contributed by atoms with Crippen LogP contribution in [0.2, 0.25) is 0 Å². The molecule has 1 heterocycles. The molecule has 0 atom stereocenters. The third-order valence-electron chi connectivity index (χ3n) is 6.56. The summed E-state index contributed by atoms with van der Waals surface area (Å²) in [6, 6.07) is 0. The fourth-order valence-corrected chi connectivity index (χ4v) is 4.34. The van der Waals surface area contributed by atoms with Crippen molar-refractivity contribution >= 4 is 0 Å². The van der Waals surface area contributed by atoms with Gasteiger partial charge in [-0.15, -0.1) is 0 Å². The average Bonchev–Trinajstić information content (AvgIpc) is 2.35. The van der Waals surface area contributed by atoms with Gasteiger partial charge < -0.3 is 15.2 Å². The molecule has 0 amide bonds. The Morgan fingerprint density at radius 1 is 0.950 bits per heavy atom. The number of rotatable bonds is 2. The van der Waals surface area contributed by atoms with Crippen molar-refractivity contribution in [3.8, 4) is 0 Å². The fraction of sp³-hybridized carbons (Fsp3) is 1.00. The maximum atomic E-state index is 6.26. The monoisotopic (exact) mass is 283 g/mol. The third kappa shape index (κ3) is 2.32. The highest BCUT2D eigenvalue weighted by atomic mass is 16.7. The van der Waals surface area contributed by atoms with Gasteiger partial charge in [0.05, 0.1) is 13.2 Å². The highest BCUT2D eigenvalue weighted by Crippen LogP contribution is 2.63. The molecular formula is C17H33NO2. The van der Waals surface area contributed by atoms with Crippen molar-refractivity contribution < 1.29 is 9.47 Å². The lowest BCUT2D eigenvalue weighted by Gasteiger charge is -2.63. The molecular weight excluding hydrogens is 250 g/mol. The van der Waals surface area contributed by atoms with E-state index in [2.05, 4.69) is 41.5 Å². The van der Waals surface area contributed by atoms with E-state index in [1.54, 1.807) is 0 Å². The lowest BCUT2D eigenvalue weighted by atomic mass is 9.46. The molecule has 0 aromatic carbocycles. The van der Waals surface area contributed by atoms with E-state index >= 15 is 0 Å². The zero-order valence-corrected chi connectivity index (χ0v) is 14.2. The molecule has 3 heteroatoms. The van der Waals surface area contributed by atoms with E-state index < -0.39 is 5.79 Å². The molecule has 0 aromatic heterocycles. The van der Waals surface area contributed by atoms with Gasteiger partial charge in [-0.25, -0.2) is 0 Å². The van der Waals surface area contributed by atoms with Gasteiger partial charge in [-0.3, -0.25) is 0 Å². The molecule has 1 aliphatic carbocycles. The Bertz CT molecular complexity index is 334. The van der Waals surface area contributed by atoms with Crippen LogP contribution in [0, 0.1) is 22.2 Å². The molecule has 0 radical (unpaired) electrons. The summed E-state index contributed by atoms with van der Waals surface area (Å²) < 4.78 is 12.5. The molecule has 1 saturated carbocycles. The van der Waals surface area contributed by atoms with E-state index in [1.807, 2.05) is 0 Å². The first-order chi connectivity index (χ1) is 9.11. The van der Waals surface area contributed by atoms with Gasteiger partial charge in [-0.05, 0) is 29.2 Å². The van der Waals surface area contributed by atoms with Crippen molar-refractivity contribution in [2.24, 2.45) is 27.9 Å². The Morgan fingerprint density at radius 2 is 1.40 bits per heavy atom. The maximum Gasteiger partial charge on any atom is 0.169 e. The fourth-order valence-electron chi connectivity index (χ4n) is 4.34. The topological polar surface area (TPSA) is 44.5 Å². The Balaban J connectivity index is 2.26. The molecule has 0 bridgehead atoms. The van der Waals surface area contributed by atoms with Gasteiger partial charge in [0, 0.05) is 18.8 Å². The summed E-state index contributed by atoms with van der Waals surface area (Å²) in [6.45, 7) is 16.2. The molecule has 2 rings (SSSR count). The van der Waals surface area contributed by atoms with Crippen LogP contribution >= 0.6 is 0 Å². The molecule has 2 aliphatic rings. The summed E-state index contributed by atoms with van der Waals surface area (Å²) >= 11 is 0. The Kier molecular flexibility index (Phi) is 4.03. The van der Waals surface area contributed by atoms with E-state index in [-0.39, 0.29) is 16.2 Å². The zero-order chi connectivity index (χ0) is 15.2. The molecule has 1 spiro atoms. The summed E-state index contributed by atoms with van der Waals surface area (Å²) in [5, 5.41) is 0. The van der Waals surface area contributed by atoms with Crippen molar-refractivity contribution in [3.63, 3.8) is 0 Å². The van der Waals surface area contributed by atoms with Gasteiger partial charge in [-0.1, -0.05) is 41.5 Å². The smallest absolute Gasteiger partial charge is 0.169 e. The molecule has 2 N–H and O–H groups in total. The largest absolute Gasteiger partial charge is 0.350 e. The first kappa shape index (κ1) is 16.3. The molecule has 0 aromatic rings. The number of nitrogens with two attached hydrogens (primary N) is 1. The van der Waals surface area contributed by atoms with Crippen LogP contribution in [-0.2, 0) is 9.47 Å². The van der Waals surface area contributed by atoms with Crippen molar-refractivity contribution in [2.75, 3.05) is 19.8 Å². The van der Waals surface area contributed by atoms with Crippen molar-refractivity contribution in [1.29, 1.82) is 0 Å². The van der Waals surface area contributed by atoms with Gasteiger partial charge in [-0.2, -0.15) is 0 Å². The third-order valence-corrected chi connectivity index (χ3v) is 6.56. The number of ether oxygens (including phenoxy) is 2. The highest BCUT2D eigenvalue weighted by molar-refractivity contribution is 5.08. The van der Waals surface area contributed by atoms with Gasteiger partial charge in [0.25, 0.3) is 0 Å². The average molecular weight is 283 g/mol. The lowest BCUT2D eigenvalue weighted by Crippen LogP contribution is -2.63. The van der Waals surface area contributed by atoms with E-state index in [1.165, 1.54) is 0 Å². The second kappa shape index (κ2) is 4.96. The minimum atomic E-state index is -0.395. The minimum Gasteiger partial charge on any atom is -0.350 e. The van der Waals surface area contributed by atoms with Crippen LogP contribution in [0.15, 0.2) is 0 Å². The van der Waals surface area contributed by atoms with Crippen LogP contribution in [0.25, 0.3) is 0 Å². The number of hydrogen-bond acceptors (Lipinski definition) is 3. The van der Waals surface area contributed by atoms with E-state index in [0.29, 0.717) is 12.5 Å². The van der Waals surface area contributed by atoms with Gasteiger partial charge >= 0.3 is 0 Å². The van der Waals surface area contributed by atoms with Crippen molar-refractivity contribution in [1.82, 2.24) is 0 Å². The summed E-state index contributed by atoms with van der Waals surface area (Å²) in [7, 11) is 0. The predicted octanol–water partition coefficient (Wildman–Crippen LogP) is 3.57. The molecule has 1 saturated heterocycles. The van der Waals surface area contributed by atoms with Crippen LogP contribution in [-0.4, -0.2) is 25.5 Å². The SMILES string of the molecule is CCC1COC2(CC(C)(C)C(C)(CN)C(C)(C)C2)OC1. The predicted molar refractivity (Wildman–Crippen MR) is 82.4 cm³/mol. The Morgan fingerprint density at radius 3 is 1.75 bits per heavy atom. The van der Waals surface area contributed by atoms with Gasteiger partial charge in [0.15, 0.2) is 5.79 Å². The Labute approximate surface area is 124 Å². The summed E-state index contributed by atoms with van der Waals surface area (Å²) in [6.07, 6.45) is 3.00. The lowest BCUT2D eigenvalue weighted by molar-refractivity contribution is -0.339. The minimum absolute atomic E-state index is 0.0968. The van der Waals surface area contributed by atoms with E-state index in [4.69, 9.17) is 15.2 Å². The summed E-state index contributed by atoms with van der Waals surface area (Å²) in [5.74, 6) is 0.155. The van der Waals surface area contributed by atoms with Crippen LogP contribution in [0.1, 0.15) is 60.8 Å². The van der Waals surface area contributed by atoms with Crippen LogP contribution in [0.3, 0.4) is 0 Å². The summed E-state index contributed by atoms with van der Waals surface area (Å²) in [5.41, 5.74) is 6.46. The van der Waals surface area contributed by atoms with Crippen LogP contribution < -0.4 is 5.73 Å². The van der Waals surface area contributed by atoms with Crippen LogP contribution in [0.4, 0.5) is 0 Å². The van der Waals surface area contributed by atoms with E-state index in [9.17, 15) is 0 Å². The second-order valence-electron chi connectivity index (χ2n) is 8.46. The van der Waals surface area contributed by atoms with Crippen LogP contribution in [0.5, 0.6) is 0 Å². The Hall–Kier alpha value is -0.120. The molecule has 0 unspecified atom stereocenters. The van der Waals surface area contributed by atoms with Gasteiger partial charge in [0.2, 0.25) is 0 Å². The molecule has 1 aliphatic heterocycles. The second-order valence-corrected chi connectivity index (χ2v) is 8.46. The quantitative estimate of drug-likeness (QED) is 0.842. The number of hydrogen-bond donors (Lipinski definition) is 1. The summed E-state index contributed by atoms with van der Waals surface area (Å²) in [4.78, 5) is 0. The molecule has 118 valence electrons. The zero-order valence-electron chi connectivity index (χ0n) is 14.2. The molecule has 20 heavy (non-hydrogen) atoms. The first-order valence-corrected chi connectivity index (χ1v) is 8.09.